The first-order chi connectivity index (χ1) is 16.6. The maximum Gasteiger partial charge on any atom is 0.326 e. The highest BCUT2D eigenvalue weighted by Crippen LogP contribution is 2.05. The first-order valence-electron chi connectivity index (χ1n) is 10.6. The van der Waals surface area contributed by atoms with Gasteiger partial charge < -0.3 is 49.1 Å². The standard InChI is InChI=1S/C19H31N7O10/c20-8(1-4-12(21)27)16(32)24-9(2-5-13(22)28)17(33)26-11(7-14(23)29)18(34)25-10(19(35)36)3-6-15(30)31/h8-11H,1-7,20H2,(H2,21,27)(H2,22,28)(H2,23,29)(H,24,32)(H,25,34)(H,26,33)(H,30,31)(H,35,36). The van der Waals surface area contributed by atoms with Gasteiger partial charge in [0.25, 0.3) is 0 Å². The van der Waals surface area contributed by atoms with Crippen molar-refractivity contribution in [3.8, 4) is 0 Å². The Morgan fingerprint density at radius 2 is 1.03 bits per heavy atom. The summed E-state index contributed by atoms with van der Waals surface area (Å²) in [6, 6.07) is -6.10. The Hall–Kier alpha value is -4.28. The normalized spacial score (nSPS) is 13.8. The zero-order valence-corrected chi connectivity index (χ0v) is 19.2. The number of hydrogen-bond donors (Lipinski definition) is 9. The van der Waals surface area contributed by atoms with Crippen molar-refractivity contribution in [1.82, 2.24) is 16.0 Å². The number of rotatable bonds is 18. The quantitative estimate of drug-likeness (QED) is 0.0829. The van der Waals surface area contributed by atoms with Gasteiger partial charge in [0.05, 0.1) is 12.5 Å². The molecule has 36 heavy (non-hydrogen) atoms. The van der Waals surface area contributed by atoms with Crippen LogP contribution in [0.25, 0.3) is 0 Å². The molecule has 4 unspecified atom stereocenters. The van der Waals surface area contributed by atoms with Crippen molar-refractivity contribution in [2.75, 3.05) is 0 Å². The summed E-state index contributed by atoms with van der Waals surface area (Å²) in [6.45, 7) is 0. The van der Waals surface area contributed by atoms with Crippen molar-refractivity contribution in [3.63, 3.8) is 0 Å². The number of aliphatic carboxylic acids is 2. The summed E-state index contributed by atoms with van der Waals surface area (Å²) in [5.41, 5.74) is 20.8. The molecule has 0 aliphatic heterocycles. The van der Waals surface area contributed by atoms with Crippen molar-refractivity contribution in [2.45, 2.75) is 69.1 Å². The van der Waals surface area contributed by atoms with Crippen molar-refractivity contribution in [3.05, 3.63) is 0 Å². The molecule has 4 atom stereocenters. The number of nitrogens with one attached hydrogen (secondary N) is 3. The SMILES string of the molecule is NC(=O)CCC(N)C(=O)NC(CCC(N)=O)C(=O)NC(CC(N)=O)C(=O)NC(CCC(=O)O)C(=O)O. The molecule has 13 N–H and O–H groups in total. The van der Waals surface area contributed by atoms with E-state index in [9.17, 15) is 43.5 Å². The Morgan fingerprint density at radius 1 is 0.583 bits per heavy atom. The average molecular weight is 517 g/mol. The summed E-state index contributed by atoms with van der Waals surface area (Å²) >= 11 is 0. The second-order valence-electron chi connectivity index (χ2n) is 7.74. The monoisotopic (exact) mass is 517 g/mol. The Bertz CT molecular complexity index is 879. The van der Waals surface area contributed by atoms with E-state index in [1.807, 2.05) is 5.32 Å². The summed E-state index contributed by atoms with van der Waals surface area (Å²) in [6.07, 6.45) is -2.95. The van der Waals surface area contributed by atoms with Gasteiger partial charge in [-0.05, 0) is 19.3 Å². The van der Waals surface area contributed by atoms with Gasteiger partial charge in [-0.1, -0.05) is 0 Å². The highest BCUT2D eigenvalue weighted by atomic mass is 16.4. The van der Waals surface area contributed by atoms with Gasteiger partial charge >= 0.3 is 11.9 Å². The van der Waals surface area contributed by atoms with E-state index in [0.29, 0.717) is 0 Å². The second kappa shape index (κ2) is 15.6. The van der Waals surface area contributed by atoms with Gasteiger partial charge in [-0.25, -0.2) is 4.79 Å². The fraction of sp³-hybridized carbons (Fsp3) is 0.579. The molecule has 0 aromatic rings. The molecule has 0 aliphatic rings. The van der Waals surface area contributed by atoms with E-state index in [0.717, 1.165) is 0 Å². The highest BCUT2D eigenvalue weighted by Gasteiger charge is 2.31. The number of amides is 6. The molecular weight excluding hydrogens is 486 g/mol. The van der Waals surface area contributed by atoms with E-state index in [4.69, 9.17) is 28.0 Å². The van der Waals surface area contributed by atoms with E-state index in [-0.39, 0.29) is 25.7 Å². The molecule has 0 radical (unpaired) electrons. The zero-order chi connectivity index (χ0) is 28.0. The van der Waals surface area contributed by atoms with Gasteiger partial charge in [0.1, 0.15) is 18.1 Å². The van der Waals surface area contributed by atoms with E-state index >= 15 is 0 Å². The number of hydrogen-bond acceptors (Lipinski definition) is 9. The predicted molar refractivity (Wildman–Crippen MR) is 119 cm³/mol. The van der Waals surface area contributed by atoms with Crippen LogP contribution in [0, 0.1) is 0 Å². The number of primary amides is 3. The molecule has 0 saturated carbocycles. The summed E-state index contributed by atoms with van der Waals surface area (Å²) in [5.74, 6) is -8.61. The fourth-order valence-corrected chi connectivity index (χ4v) is 2.74. The maximum atomic E-state index is 12.8. The lowest BCUT2D eigenvalue weighted by atomic mass is 10.1. The minimum absolute atomic E-state index is 0.148. The van der Waals surface area contributed by atoms with Gasteiger partial charge in [0, 0.05) is 19.3 Å². The zero-order valence-electron chi connectivity index (χ0n) is 19.2. The van der Waals surface area contributed by atoms with Crippen LogP contribution >= 0.6 is 0 Å². The van der Waals surface area contributed by atoms with E-state index < -0.39 is 90.8 Å². The Kier molecular flexibility index (Phi) is 13.7. The molecule has 0 fully saturated rings. The van der Waals surface area contributed by atoms with Gasteiger partial charge in [0.15, 0.2) is 0 Å². The van der Waals surface area contributed by atoms with Gasteiger partial charge in [-0.15, -0.1) is 0 Å². The minimum Gasteiger partial charge on any atom is -0.481 e. The second-order valence-corrected chi connectivity index (χ2v) is 7.74. The molecule has 0 rings (SSSR count). The van der Waals surface area contributed by atoms with Crippen molar-refractivity contribution in [1.29, 1.82) is 0 Å². The molecule has 0 heterocycles. The van der Waals surface area contributed by atoms with Gasteiger partial charge in [-0.2, -0.15) is 0 Å². The van der Waals surface area contributed by atoms with Gasteiger partial charge in [0.2, 0.25) is 35.4 Å². The van der Waals surface area contributed by atoms with Crippen LogP contribution in [0.15, 0.2) is 0 Å². The largest absolute Gasteiger partial charge is 0.481 e. The van der Waals surface area contributed by atoms with Crippen LogP contribution in [0.2, 0.25) is 0 Å². The fourth-order valence-electron chi connectivity index (χ4n) is 2.74. The molecule has 6 amide bonds. The van der Waals surface area contributed by atoms with E-state index in [2.05, 4.69) is 10.6 Å². The van der Waals surface area contributed by atoms with Crippen LogP contribution < -0.4 is 38.9 Å². The molecule has 17 heteroatoms. The number of carboxylic acids is 2. The van der Waals surface area contributed by atoms with Crippen molar-refractivity contribution < 1.29 is 48.6 Å². The summed E-state index contributed by atoms with van der Waals surface area (Å²) < 4.78 is 0. The lowest BCUT2D eigenvalue weighted by Crippen LogP contribution is -2.57. The first kappa shape index (κ1) is 31.7. The van der Waals surface area contributed by atoms with Crippen molar-refractivity contribution >= 4 is 47.4 Å². The van der Waals surface area contributed by atoms with Crippen LogP contribution in [0.1, 0.15) is 44.9 Å². The maximum absolute atomic E-state index is 12.8. The first-order valence-corrected chi connectivity index (χ1v) is 10.6. The van der Waals surface area contributed by atoms with Crippen molar-refractivity contribution in [2.24, 2.45) is 22.9 Å². The number of nitrogens with two attached hydrogens (primary N) is 4. The van der Waals surface area contributed by atoms with Crippen LogP contribution in [0.5, 0.6) is 0 Å². The third-order valence-corrected chi connectivity index (χ3v) is 4.65. The predicted octanol–water partition coefficient (Wildman–Crippen LogP) is -4.88. The molecule has 17 nitrogen and oxygen atoms in total. The summed E-state index contributed by atoms with van der Waals surface area (Å²) in [7, 11) is 0. The van der Waals surface area contributed by atoms with E-state index in [1.165, 1.54) is 0 Å². The molecular formula is C19H31N7O10. The van der Waals surface area contributed by atoms with Crippen LogP contribution in [0.3, 0.4) is 0 Å². The molecule has 0 bridgehead atoms. The lowest BCUT2D eigenvalue weighted by molar-refractivity contribution is -0.143. The summed E-state index contributed by atoms with van der Waals surface area (Å²) in [4.78, 5) is 93.2. The number of carboxylic acid groups (broad SMARTS) is 2. The van der Waals surface area contributed by atoms with Crippen LogP contribution in [-0.4, -0.2) is 81.8 Å². The average Bonchev–Trinajstić information content (AvgIpc) is 2.75. The minimum atomic E-state index is -1.71. The number of carbonyl (C=O) groups is 8. The lowest BCUT2D eigenvalue weighted by Gasteiger charge is -2.24. The third kappa shape index (κ3) is 13.4. The van der Waals surface area contributed by atoms with Crippen LogP contribution in [0.4, 0.5) is 0 Å². The Morgan fingerprint density at radius 3 is 1.50 bits per heavy atom. The molecule has 0 aromatic carbocycles. The van der Waals surface area contributed by atoms with Crippen LogP contribution in [-0.2, 0) is 38.4 Å². The Balaban J connectivity index is 5.58. The topological polar surface area (TPSA) is 317 Å². The molecule has 0 aliphatic carbocycles. The molecule has 202 valence electrons. The van der Waals surface area contributed by atoms with Gasteiger partial charge in [-0.3, -0.25) is 33.6 Å². The molecule has 0 saturated heterocycles. The Labute approximate surface area is 204 Å². The van der Waals surface area contributed by atoms with E-state index in [1.54, 1.807) is 0 Å². The highest BCUT2D eigenvalue weighted by molar-refractivity contribution is 5.96. The third-order valence-electron chi connectivity index (χ3n) is 4.65. The summed E-state index contributed by atoms with van der Waals surface area (Å²) in [5, 5.41) is 24.3. The molecule has 0 aromatic heterocycles. The number of carbonyl (C=O) groups excluding carboxylic acids is 6. The smallest absolute Gasteiger partial charge is 0.326 e. The molecule has 0 spiro atoms.